The number of rotatable bonds is 4. The molecule has 106 valence electrons. The molecular formula is C14H9NO6. The van der Waals surface area contributed by atoms with E-state index in [1.807, 2.05) is 0 Å². The third-order valence-corrected chi connectivity index (χ3v) is 2.78. The normalized spacial score (nSPS) is 10.1. The van der Waals surface area contributed by atoms with E-state index in [1.54, 1.807) is 0 Å². The molecule has 0 fully saturated rings. The molecular weight excluding hydrogens is 278 g/mol. The summed E-state index contributed by atoms with van der Waals surface area (Å²) in [5.41, 5.74) is 0.0559. The van der Waals surface area contributed by atoms with Crippen molar-refractivity contribution in [1.82, 2.24) is 4.98 Å². The Morgan fingerprint density at radius 3 is 1.90 bits per heavy atom. The molecule has 0 bridgehead atoms. The number of aromatic carboxylic acids is 3. The number of carboxylic acid groups (broad SMARTS) is 3. The summed E-state index contributed by atoms with van der Waals surface area (Å²) in [4.78, 5) is 36.7. The van der Waals surface area contributed by atoms with Crippen LogP contribution in [-0.2, 0) is 0 Å². The Morgan fingerprint density at radius 2 is 1.43 bits per heavy atom. The second-order valence-electron chi connectivity index (χ2n) is 4.11. The summed E-state index contributed by atoms with van der Waals surface area (Å²) < 4.78 is 0. The molecule has 0 radical (unpaired) electrons. The first-order chi connectivity index (χ1) is 9.90. The molecule has 0 aliphatic rings. The fourth-order valence-corrected chi connectivity index (χ4v) is 1.76. The summed E-state index contributed by atoms with van der Waals surface area (Å²) in [6, 6.07) is 6.28. The van der Waals surface area contributed by atoms with Gasteiger partial charge in [0.1, 0.15) is 0 Å². The van der Waals surface area contributed by atoms with Crippen LogP contribution in [0, 0.1) is 0 Å². The third-order valence-electron chi connectivity index (χ3n) is 2.78. The lowest BCUT2D eigenvalue weighted by Gasteiger charge is -2.07. The summed E-state index contributed by atoms with van der Waals surface area (Å²) in [5, 5.41) is 26.8. The minimum atomic E-state index is -1.29. The predicted molar refractivity (Wildman–Crippen MR) is 70.6 cm³/mol. The van der Waals surface area contributed by atoms with Gasteiger partial charge in [-0.15, -0.1) is 0 Å². The SMILES string of the molecule is O=C(O)c1ccc(-c2ccc(C(=O)O)cc2C(=O)O)nc1. The number of carboxylic acids is 3. The number of benzene rings is 1. The highest BCUT2D eigenvalue weighted by atomic mass is 16.4. The van der Waals surface area contributed by atoms with Gasteiger partial charge in [0.05, 0.1) is 22.4 Å². The minimum Gasteiger partial charge on any atom is -0.478 e. The molecule has 1 aromatic carbocycles. The van der Waals surface area contributed by atoms with Crippen LogP contribution in [0.1, 0.15) is 31.1 Å². The molecule has 1 heterocycles. The molecule has 0 amide bonds. The second-order valence-corrected chi connectivity index (χ2v) is 4.11. The molecule has 7 heteroatoms. The molecule has 0 atom stereocenters. The number of hydrogen-bond donors (Lipinski definition) is 3. The van der Waals surface area contributed by atoms with Gasteiger partial charge < -0.3 is 15.3 Å². The number of hydrogen-bond acceptors (Lipinski definition) is 4. The highest BCUT2D eigenvalue weighted by Crippen LogP contribution is 2.23. The molecule has 7 nitrogen and oxygen atoms in total. The molecule has 0 aliphatic heterocycles. The van der Waals surface area contributed by atoms with Crippen molar-refractivity contribution in [3.63, 3.8) is 0 Å². The van der Waals surface area contributed by atoms with Crippen molar-refractivity contribution in [1.29, 1.82) is 0 Å². The lowest BCUT2D eigenvalue weighted by Crippen LogP contribution is -2.05. The highest BCUT2D eigenvalue weighted by molar-refractivity contribution is 5.99. The molecule has 0 saturated carbocycles. The van der Waals surface area contributed by atoms with E-state index in [1.165, 1.54) is 24.3 Å². The van der Waals surface area contributed by atoms with Crippen LogP contribution in [-0.4, -0.2) is 38.2 Å². The molecule has 0 unspecified atom stereocenters. The van der Waals surface area contributed by atoms with Crippen LogP contribution >= 0.6 is 0 Å². The van der Waals surface area contributed by atoms with Gasteiger partial charge in [-0.1, -0.05) is 6.07 Å². The molecule has 2 rings (SSSR count). The maximum absolute atomic E-state index is 11.2. The van der Waals surface area contributed by atoms with Gasteiger partial charge in [0, 0.05) is 11.8 Å². The average molecular weight is 287 g/mol. The zero-order valence-corrected chi connectivity index (χ0v) is 10.5. The van der Waals surface area contributed by atoms with Gasteiger partial charge >= 0.3 is 17.9 Å². The van der Waals surface area contributed by atoms with E-state index in [9.17, 15) is 14.4 Å². The van der Waals surface area contributed by atoms with E-state index in [4.69, 9.17) is 15.3 Å². The summed E-state index contributed by atoms with van der Waals surface area (Å²) in [6.07, 6.45) is 1.11. The zero-order valence-electron chi connectivity index (χ0n) is 10.5. The number of aromatic nitrogens is 1. The second kappa shape index (κ2) is 5.41. The monoisotopic (exact) mass is 287 g/mol. The van der Waals surface area contributed by atoms with Crippen molar-refractivity contribution >= 4 is 17.9 Å². The maximum Gasteiger partial charge on any atom is 0.337 e. The van der Waals surface area contributed by atoms with Gasteiger partial charge in [0.25, 0.3) is 0 Å². The Bertz CT molecular complexity index is 736. The van der Waals surface area contributed by atoms with Crippen LogP contribution in [0.3, 0.4) is 0 Å². The predicted octanol–water partition coefficient (Wildman–Crippen LogP) is 1.84. The van der Waals surface area contributed by atoms with Gasteiger partial charge in [-0.3, -0.25) is 4.98 Å². The zero-order chi connectivity index (χ0) is 15.6. The molecule has 2 aromatic rings. The molecule has 0 aliphatic carbocycles. The number of pyridine rings is 1. The van der Waals surface area contributed by atoms with E-state index < -0.39 is 17.9 Å². The van der Waals surface area contributed by atoms with Gasteiger partial charge in [-0.25, -0.2) is 14.4 Å². The summed E-state index contributed by atoms with van der Waals surface area (Å²) in [6.45, 7) is 0. The van der Waals surface area contributed by atoms with Gasteiger partial charge in [0.15, 0.2) is 0 Å². The number of carbonyl (C=O) groups is 3. The first-order valence-electron chi connectivity index (χ1n) is 5.70. The van der Waals surface area contributed by atoms with Crippen molar-refractivity contribution in [2.24, 2.45) is 0 Å². The van der Waals surface area contributed by atoms with Gasteiger partial charge in [-0.05, 0) is 24.3 Å². The summed E-state index contributed by atoms with van der Waals surface area (Å²) in [7, 11) is 0. The Kier molecular flexibility index (Phi) is 3.66. The smallest absolute Gasteiger partial charge is 0.337 e. The standard InChI is InChI=1S/C14H9NO6/c16-12(17)7-1-3-9(10(5-7)14(20)21)11-4-2-8(6-15-11)13(18)19/h1-6H,(H,16,17)(H,18,19)(H,20,21). The Hall–Kier alpha value is -3.22. The first-order valence-corrected chi connectivity index (χ1v) is 5.70. The molecule has 21 heavy (non-hydrogen) atoms. The van der Waals surface area contributed by atoms with Crippen molar-refractivity contribution in [2.75, 3.05) is 0 Å². The van der Waals surface area contributed by atoms with Gasteiger partial charge in [-0.2, -0.15) is 0 Å². The first kappa shape index (κ1) is 14.2. The van der Waals surface area contributed by atoms with Crippen molar-refractivity contribution in [2.45, 2.75) is 0 Å². The van der Waals surface area contributed by atoms with Crippen LogP contribution in [0.4, 0.5) is 0 Å². The largest absolute Gasteiger partial charge is 0.478 e. The van der Waals surface area contributed by atoms with Crippen molar-refractivity contribution in [3.8, 4) is 11.3 Å². The lowest BCUT2D eigenvalue weighted by molar-refractivity contribution is 0.0681. The quantitative estimate of drug-likeness (QED) is 0.783. The fourth-order valence-electron chi connectivity index (χ4n) is 1.76. The van der Waals surface area contributed by atoms with Crippen LogP contribution in [0.15, 0.2) is 36.5 Å². The van der Waals surface area contributed by atoms with Crippen LogP contribution in [0.2, 0.25) is 0 Å². The summed E-state index contributed by atoms with van der Waals surface area (Å²) >= 11 is 0. The Balaban J connectivity index is 2.54. The Labute approximate surface area is 118 Å². The van der Waals surface area contributed by atoms with Crippen molar-refractivity contribution < 1.29 is 29.7 Å². The molecule has 0 spiro atoms. The van der Waals surface area contributed by atoms with Gasteiger partial charge in [0.2, 0.25) is 0 Å². The fraction of sp³-hybridized carbons (Fsp3) is 0. The maximum atomic E-state index is 11.2. The molecule has 1 aromatic heterocycles. The topological polar surface area (TPSA) is 125 Å². The molecule has 0 saturated heterocycles. The van der Waals surface area contributed by atoms with E-state index in [2.05, 4.69) is 4.98 Å². The number of nitrogens with zero attached hydrogens (tertiary/aromatic N) is 1. The van der Waals surface area contributed by atoms with E-state index in [-0.39, 0.29) is 27.9 Å². The average Bonchev–Trinajstić information content (AvgIpc) is 2.46. The van der Waals surface area contributed by atoms with E-state index in [0.717, 1.165) is 12.3 Å². The molecule has 3 N–H and O–H groups in total. The van der Waals surface area contributed by atoms with E-state index >= 15 is 0 Å². The third kappa shape index (κ3) is 2.86. The van der Waals surface area contributed by atoms with E-state index in [0.29, 0.717) is 0 Å². The van der Waals surface area contributed by atoms with Crippen LogP contribution in [0.25, 0.3) is 11.3 Å². The highest BCUT2D eigenvalue weighted by Gasteiger charge is 2.16. The lowest BCUT2D eigenvalue weighted by atomic mass is 10.0. The van der Waals surface area contributed by atoms with Crippen LogP contribution in [0.5, 0.6) is 0 Å². The van der Waals surface area contributed by atoms with Crippen molar-refractivity contribution in [3.05, 3.63) is 53.2 Å². The van der Waals surface area contributed by atoms with Crippen LogP contribution < -0.4 is 0 Å². The Morgan fingerprint density at radius 1 is 0.810 bits per heavy atom. The summed E-state index contributed by atoms with van der Waals surface area (Å²) in [5.74, 6) is -3.68. The minimum absolute atomic E-state index is 0.0298.